The van der Waals surface area contributed by atoms with Crippen molar-refractivity contribution in [2.24, 2.45) is 0 Å². The third kappa shape index (κ3) is 4.68. The molecular weight excluding hydrogens is 358 g/mol. The number of nitrogens with one attached hydrogen (secondary N) is 2. The molecule has 1 atom stereocenters. The van der Waals surface area contributed by atoms with Crippen molar-refractivity contribution in [1.29, 1.82) is 0 Å². The Bertz CT molecular complexity index is 862. The average molecular weight is 381 g/mol. The number of carboxylic acid groups (broad SMARTS) is 1. The van der Waals surface area contributed by atoms with Crippen LogP contribution in [0.4, 0.5) is 10.5 Å². The van der Waals surface area contributed by atoms with Gasteiger partial charge in [0.25, 0.3) is 0 Å². The minimum absolute atomic E-state index is 0.148. The zero-order valence-corrected chi connectivity index (χ0v) is 15.6. The highest BCUT2D eigenvalue weighted by atomic mass is 16.4. The van der Waals surface area contributed by atoms with E-state index in [1.807, 2.05) is 31.2 Å². The summed E-state index contributed by atoms with van der Waals surface area (Å²) in [6.45, 7) is 2.94. The predicted molar refractivity (Wildman–Crippen MR) is 105 cm³/mol. The van der Waals surface area contributed by atoms with Gasteiger partial charge < -0.3 is 20.6 Å². The molecule has 0 aliphatic carbocycles. The first kappa shape index (κ1) is 19.4. The van der Waals surface area contributed by atoms with Gasteiger partial charge in [-0.25, -0.2) is 9.59 Å². The lowest BCUT2D eigenvalue weighted by molar-refractivity contribution is -0.117. The molecule has 0 bridgehead atoms. The van der Waals surface area contributed by atoms with Crippen LogP contribution in [0.1, 0.15) is 47.3 Å². The molecule has 7 heteroatoms. The highest BCUT2D eigenvalue weighted by molar-refractivity contribution is 5.95. The predicted octanol–water partition coefficient (Wildman–Crippen LogP) is 3.07. The Morgan fingerprint density at radius 1 is 1.11 bits per heavy atom. The summed E-state index contributed by atoms with van der Waals surface area (Å²) >= 11 is 0. The van der Waals surface area contributed by atoms with E-state index in [9.17, 15) is 14.4 Å². The van der Waals surface area contributed by atoms with E-state index in [0.717, 1.165) is 29.8 Å². The topological polar surface area (TPSA) is 98.7 Å². The van der Waals surface area contributed by atoms with E-state index in [1.165, 1.54) is 12.1 Å². The quantitative estimate of drug-likeness (QED) is 0.716. The van der Waals surface area contributed by atoms with Gasteiger partial charge in [0.2, 0.25) is 5.91 Å². The molecule has 0 radical (unpaired) electrons. The van der Waals surface area contributed by atoms with Crippen LogP contribution in [0.25, 0.3) is 0 Å². The Kier molecular flexibility index (Phi) is 5.93. The Hall–Kier alpha value is -3.35. The number of nitrogens with zero attached hydrogens (tertiary/aromatic N) is 1. The first-order valence-electron chi connectivity index (χ1n) is 9.21. The van der Waals surface area contributed by atoms with Gasteiger partial charge in [0.05, 0.1) is 11.6 Å². The zero-order chi connectivity index (χ0) is 20.1. The standard InChI is InChI=1S/C21H23N3O4/c1-14(16-8-10-18(11-9-16)24-12-2-3-19(24)25)23-21(28)22-13-15-4-6-17(7-5-15)20(26)27/h4-11,14H,2-3,12-13H2,1H3,(H,26,27)(H2,22,23,28). The minimum atomic E-state index is -0.980. The lowest BCUT2D eigenvalue weighted by Crippen LogP contribution is -2.36. The first-order valence-corrected chi connectivity index (χ1v) is 9.21. The number of hydrogen-bond donors (Lipinski definition) is 3. The van der Waals surface area contributed by atoms with E-state index < -0.39 is 5.97 Å². The summed E-state index contributed by atoms with van der Waals surface area (Å²) in [5.41, 5.74) is 2.84. The summed E-state index contributed by atoms with van der Waals surface area (Å²) in [6, 6.07) is 13.5. The van der Waals surface area contributed by atoms with Gasteiger partial charge in [-0.05, 0) is 48.7 Å². The number of benzene rings is 2. The van der Waals surface area contributed by atoms with Crippen LogP contribution < -0.4 is 15.5 Å². The Morgan fingerprint density at radius 2 is 1.79 bits per heavy atom. The molecule has 3 rings (SSSR count). The highest BCUT2D eigenvalue weighted by Gasteiger charge is 2.21. The monoisotopic (exact) mass is 381 g/mol. The normalized spacial score (nSPS) is 14.6. The molecule has 2 aromatic carbocycles. The third-order valence-electron chi connectivity index (χ3n) is 4.78. The first-order chi connectivity index (χ1) is 13.4. The van der Waals surface area contributed by atoms with Gasteiger partial charge in [-0.15, -0.1) is 0 Å². The summed E-state index contributed by atoms with van der Waals surface area (Å²) in [5, 5.41) is 14.5. The van der Waals surface area contributed by atoms with Crippen LogP contribution in [-0.4, -0.2) is 29.6 Å². The molecule has 7 nitrogen and oxygen atoms in total. The number of urea groups is 1. The van der Waals surface area contributed by atoms with Crippen molar-refractivity contribution in [3.8, 4) is 0 Å². The summed E-state index contributed by atoms with van der Waals surface area (Å²) in [6.07, 6.45) is 1.48. The fourth-order valence-corrected chi connectivity index (χ4v) is 3.14. The molecule has 2 aromatic rings. The average Bonchev–Trinajstić information content (AvgIpc) is 3.12. The largest absolute Gasteiger partial charge is 0.478 e. The smallest absolute Gasteiger partial charge is 0.335 e. The number of carbonyl (C=O) groups excluding carboxylic acids is 2. The number of amides is 3. The Labute approximate surface area is 163 Å². The van der Waals surface area contributed by atoms with Crippen LogP contribution in [0.3, 0.4) is 0 Å². The molecule has 1 saturated heterocycles. The van der Waals surface area contributed by atoms with Crippen LogP contribution in [0.15, 0.2) is 48.5 Å². The van der Waals surface area contributed by atoms with Crippen molar-refractivity contribution in [2.45, 2.75) is 32.4 Å². The Morgan fingerprint density at radius 3 is 2.36 bits per heavy atom. The summed E-state index contributed by atoms with van der Waals surface area (Å²) < 4.78 is 0. The highest BCUT2D eigenvalue weighted by Crippen LogP contribution is 2.23. The fourth-order valence-electron chi connectivity index (χ4n) is 3.14. The molecule has 0 spiro atoms. The van der Waals surface area contributed by atoms with Gasteiger partial charge in [0.15, 0.2) is 0 Å². The fraction of sp³-hybridized carbons (Fsp3) is 0.286. The number of carboxylic acids is 1. The van der Waals surface area contributed by atoms with Crippen LogP contribution in [0.5, 0.6) is 0 Å². The van der Waals surface area contributed by atoms with Crippen LogP contribution in [-0.2, 0) is 11.3 Å². The van der Waals surface area contributed by atoms with Gasteiger partial charge in [-0.3, -0.25) is 4.79 Å². The van der Waals surface area contributed by atoms with Crippen molar-refractivity contribution in [3.05, 3.63) is 65.2 Å². The van der Waals surface area contributed by atoms with Crippen molar-refractivity contribution >= 4 is 23.6 Å². The number of hydrogen-bond acceptors (Lipinski definition) is 3. The molecule has 3 amide bonds. The molecular formula is C21H23N3O4. The van der Waals surface area contributed by atoms with Crippen molar-refractivity contribution < 1.29 is 19.5 Å². The maximum Gasteiger partial charge on any atom is 0.335 e. The molecule has 3 N–H and O–H groups in total. The summed E-state index contributed by atoms with van der Waals surface area (Å²) in [5.74, 6) is -0.833. The van der Waals surface area contributed by atoms with Crippen molar-refractivity contribution in [3.63, 3.8) is 0 Å². The zero-order valence-electron chi connectivity index (χ0n) is 15.6. The third-order valence-corrected chi connectivity index (χ3v) is 4.78. The second-order valence-corrected chi connectivity index (χ2v) is 6.79. The molecule has 146 valence electrons. The van der Waals surface area contributed by atoms with E-state index >= 15 is 0 Å². The second-order valence-electron chi connectivity index (χ2n) is 6.79. The molecule has 1 fully saturated rings. The number of carbonyl (C=O) groups is 3. The van der Waals surface area contributed by atoms with E-state index in [4.69, 9.17) is 5.11 Å². The van der Waals surface area contributed by atoms with Crippen LogP contribution >= 0.6 is 0 Å². The van der Waals surface area contributed by atoms with Gasteiger partial charge in [-0.2, -0.15) is 0 Å². The van der Waals surface area contributed by atoms with Crippen molar-refractivity contribution in [1.82, 2.24) is 10.6 Å². The van der Waals surface area contributed by atoms with Crippen molar-refractivity contribution in [2.75, 3.05) is 11.4 Å². The molecule has 0 saturated carbocycles. The summed E-state index contributed by atoms with van der Waals surface area (Å²) in [4.78, 5) is 36.6. The number of anilines is 1. The molecule has 28 heavy (non-hydrogen) atoms. The molecule has 1 aliphatic heterocycles. The minimum Gasteiger partial charge on any atom is -0.478 e. The molecule has 1 aliphatic rings. The second kappa shape index (κ2) is 8.56. The van der Waals surface area contributed by atoms with E-state index in [1.54, 1.807) is 17.0 Å². The molecule has 1 unspecified atom stereocenters. The SMILES string of the molecule is CC(NC(=O)NCc1ccc(C(=O)O)cc1)c1ccc(N2CCCC2=O)cc1. The number of rotatable bonds is 6. The number of aromatic carboxylic acids is 1. The van der Waals surface area contributed by atoms with Gasteiger partial charge in [0.1, 0.15) is 0 Å². The van der Waals surface area contributed by atoms with E-state index in [0.29, 0.717) is 13.0 Å². The van der Waals surface area contributed by atoms with E-state index in [2.05, 4.69) is 10.6 Å². The van der Waals surface area contributed by atoms with Gasteiger partial charge in [-0.1, -0.05) is 24.3 Å². The maximum atomic E-state index is 12.1. The lowest BCUT2D eigenvalue weighted by atomic mass is 10.1. The summed E-state index contributed by atoms with van der Waals surface area (Å²) in [7, 11) is 0. The lowest BCUT2D eigenvalue weighted by Gasteiger charge is -2.18. The Balaban J connectivity index is 1.50. The van der Waals surface area contributed by atoms with Gasteiger partial charge >= 0.3 is 12.0 Å². The molecule has 0 aromatic heterocycles. The van der Waals surface area contributed by atoms with Crippen LogP contribution in [0.2, 0.25) is 0 Å². The van der Waals surface area contributed by atoms with Crippen LogP contribution in [0, 0.1) is 0 Å². The van der Waals surface area contributed by atoms with E-state index in [-0.39, 0.29) is 23.5 Å². The maximum absolute atomic E-state index is 12.1. The van der Waals surface area contributed by atoms with Gasteiger partial charge in [0, 0.05) is 25.2 Å². The molecule has 1 heterocycles.